The number of carboxylic acid groups (broad SMARTS) is 1. The fourth-order valence-corrected chi connectivity index (χ4v) is 2.49. The third kappa shape index (κ3) is 1.92. The number of hydrogen-bond acceptors (Lipinski definition) is 2. The summed E-state index contributed by atoms with van der Waals surface area (Å²) in [5.41, 5.74) is 1.59. The zero-order chi connectivity index (χ0) is 11.5. The van der Waals surface area contributed by atoms with Gasteiger partial charge in [-0.05, 0) is 36.5 Å². The monoisotopic (exact) mass is 215 g/mol. The summed E-state index contributed by atoms with van der Waals surface area (Å²) >= 11 is 0. The Balaban J connectivity index is 2.29. The quantitative estimate of drug-likeness (QED) is 0.824. The normalized spacial score (nSPS) is 23.9. The number of nitriles is 1. The van der Waals surface area contributed by atoms with Crippen LogP contribution in [0.5, 0.6) is 0 Å². The van der Waals surface area contributed by atoms with Gasteiger partial charge in [0.15, 0.2) is 0 Å². The highest BCUT2D eigenvalue weighted by Crippen LogP contribution is 2.39. The minimum atomic E-state index is -0.718. The molecule has 0 amide bonds. The van der Waals surface area contributed by atoms with E-state index in [-0.39, 0.29) is 11.8 Å². The highest BCUT2D eigenvalue weighted by atomic mass is 16.4. The van der Waals surface area contributed by atoms with Crippen LogP contribution in [0.25, 0.3) is 0 Å². The minimum absolute atomic E-state index is 0.0748. The van der Waals surface area contributed by atoms with Crippen molar-refractivity contribution in [3.63, 3.8) is 0 Å². The Morgan fingerprint density at radius 3 is 2.94 bits per heavy atom. The molecule has 1 aliphatic rings. The molecule has 0 radical (unpaired) electrons. The average molecular weight is 215 g/mol. The van der Waals surface area contributed by atoms with Gasteiger partial charge in [0.05, 0.1) is 17.6 Å². The standard InChI is InChI=1S/C13H13NO2/c14-8-9-3-1-4-10(7-9)11-5-2-6-12(11)13(15)16/h1,3-4,7,11-12H,2,5-6H2,(H,15,16)/t11-,12+/m1/s1. The van der Waals surface area contributed by atoms with Crippen LogP contribution in [0.3, 0.4) is 0 Å². The van der Waals surface area contributed by atoms with E-state index in [4.69, 9.17) is 10.4 Å². The first kappa shape index (κ1) is 10.7. The zero-order valence-corrected chi connectivity index (χ0v) is 8.89. The van der Waals surface area contributed by atoms with E-state index in [1.807, 2.05) is 18.2 Å². The molecule has 0 aromatic heterocycles. The van der Waals surface area contributed by atoms with Gasteiger partial charge in [0.1, 0.15) is 0 Å². The summed E-state index contributed by atoms with van der Waals surface area (Å²) in [7, 11) is 0. The first-order chi connectivity index (χ1) is 7.72. The van der Waals surface area contributed by atoms with Crippen LogP contribution in [-0.4, -0.2) is 11.1 Å². The Hall–Kier alpha value is -1.82. The molecule has 0 heterocycles. The lowest BCUT2D eigenvalue weighted by molar-refractivity contribution is -0.142. The molecular formula is C13H13NO2. The second-order valence-corrected chi connectivity index (χ2v) is 4.22. The summed E-state index contributed by atoms with van der Waals surface area (Å²) in [6.45, 7) is 0. The molecule has 16 heavy (non-hydrogen) atoms. The molecule has 1 aliphatic carbocycles. The molecule has 3 nitrogen and oxygen atoms in total. The molecule has 2 atom stereocenters. The van der Waals surface area contributed by atoms with Crippen LogP contribution >= 0.6 is 0 Å². The van der Waals surface area contributed by atoms with E-state index in [9.17, 15) is 4.79 Å². The Morgan fingerprint density at radius 1 is 1.44 bits per heavy atom. The minimum Gasteiger partial charge on any atom is -0.481 e. The predicted octanol–water partition coefficient (Wildman–Crippen LogP) is 2.53. The molecule has 1 aromatic rings. The van der Waals surface area contributed by atoms with Crippen molar-refractivity contribution in [1.29, 1.82) is 5.26 Å². The number of carbonyl (C=O) groups is 1. The largest absolute Gasteiger partial charge is 0.481 e. The highest BCUT2D eigenvalue weighted by Gasteiger charge is 2.33. The maximum Gasteiger partial charge on any atom is 0.307 e. The molecule has 1 fully saturated rings. The molecule has 1 N–H and O–H groups in total. The summed E-state index contributed by atoms with van der Waals surface area (Å²) in [6.07, 6.45) is 2.61. The van der Waals surface area contributed by atoms with Gasteiger partial charge in [-0.25, -0.2) is 0 Å². The smallest absolute Gasteiger partial charge is 0.307 e. The first-order valence-corrected chi connectivity index (χ1v) is 5.45. The SMILES string of the molecule is N#Cc1cccc([C@H]2CCC[C@@H]2C(=O)O)c1. The third-order valence-electron chi connectivity index (χ3n) is 3.28. The number of nitrogens with zero attached hydrogens (tertiary/aromatic N) is 1. The van der Waals surface area contributed by atoms with Crippen LogP contribution in [0, 0.1) is 17.2 Å². The van der Waals surface area contributed by atoms with E-state index in [0.717, 1.165) is 24.8 Å². The molecule has 2 rings (SSSR count). The molecule has 1 saturated carbocycles. The maximum absolute atomic E-state index is 11.1. The van der Waals surface area contributed by atoms with Crippen LogP contribution in [0.4, 0.5) is 0 Å². The lowest BCUT2D eigenvalue weighted by Crippen LogP contribution is -2.16. The molecule has 0 saturated heterocycles. The van der Waals surface area contributed by atoms with E-state index in [1.165, 1.54) is 0 Å². The molecular weight excluding hydrogens is 202 g/mol. The molecule has 0 bridgehead atoms. The maximum atomic E-state index is 11.1. The van der Waals surface area contributed by atoms with Gasteiger partial charge >= 0.3 is 5.97 Å². The number of carboxylic acids is 1. The van der Waals surface area contributed by atoms with Crippen molar-refractivity contribution in [3.05, 3.63) is 35.4 Å². The summed E-state index contributed by atoms with van der Waals surface area (Å²) in [6, 6.07) is 9.39. The second kappa shape index (κ2) is 4.36. The van der Waals surface area contributed by atoms with Gasteiger partial charge in [-0.1, -0.05) is 18.6 Å². The van der Waals surface area contributed by atoms with Crippen LogP contribution < -0.4 is 0 Å². The first-order valence-electron chi connectivity index (χ1n) is 5.45. The van der Waals surface area contributed by atoms with Gasteiger partial charge in [-0.15, -0.1) is 0 Å². The van der Waals surface area contributed by atoms with Crippen LogP contribution in [0.2, 0.25) is 0 Å². The van der Waals surface area contributed by atoms with Crippen LogP contribution in [-0.2, 0) is 4.79 Å². The number of hydrogen-bond donors (Lipinski definition) is 1. The number of rotatable bonds is 2. The Labute approximate surface area is 94.3 Å². The average Bonchev–Trinajstić information content (AvgIpc) is 2.78. The zero-order valence-electron chi connectivity index (χ0n) is 8.89. The fourth-order valence-electron chi connectivity index (χ4n) is 2.49. The lowest BCUT2D eigenvalue weighted by atomic mass is 9.88. The van der Waals surface area contributed by atoms with Gasteiger partial charge in [0.2, 0.25) is 0 Å². The third-order valence-corrected chi connectivity index (χ3v) is 3.28. The Morgan fingerprint density at radius 2 is 2.25 bits per heavy atom. The van der Waals surface area contributed by atoms with Crippen molar-refractivity contribution in [2.24, 2.45) is 5.92 Å². The van der Waals surface area contributed by atoms with Gasteiger partial charge in [-0.3, -0.25) is 4.79 Å². The summed E-state index contributed by atoms with van der Waals surface area (Å²) in [5, 5.41) is 17.9. The molecule has 82 valence electrons. The van der Waals surface area contributed by atoms with Crippen molar-refractivity contribution in [3.8, 4) is 6.07 Å². The van der Waals surface area contributed by atoms with E-state index in [0.29, 0.717) is 5.56 Å². The Kier molecular flexibility index (Phi) is 2.91. The molecule has 0 aliphatic heterocycles. The van der Waals surface area contributed by atoms with Crippen molar-refractivity contribution >= 4 is 5.97 Å². The fraction of sp³-hybridized carbons (Fsp3) is 0.385. The van der Waals surface area contributed by atoms with Crippen molar-refractivity contribution in [2.45, 2.75) is 25.2 Å². The lowest BCUT2D eigenvalue weighted by Gasteiger charge is -2.16. The van der Waals surface area contributed by atoms with Crippen molar-refractivity contribution in [2.75, 3.05) is 0 Å². The van der Waals surface area contributed by atoms with Gasteiger partial charge < -0.3 is 5.11 Å². The Bertz CT molecular complexity index is 447. The van der Waals surface area contributed by atoms with E-state index >= 15 is 0 Å². The molecule has 3 heteroatoms. The summed E-state index contributed by atoms with van der Waals surface area (Å²) in [5.74, 6) is -0.926. The van der Waals surface area contributed by atoms with Crippen LogP contribution in [0.15, 0.2) is 24.3 Å². The number of aliphatic carboxylic acids is 1. The van der Waals surface area contributed by atoms with Crippen molar-refractivity contribution in [1.82, 2.24) is 0 Å². The predicted molar refractivity (Wildman–Crippen MR) is 58.9 cm³/mol. The van der Waals surface area contributed by atoms with E-state index < -0.39 is 5.97 Å². The van der Waals surface area contributed by atoms with Crippen molar-refractivity contribution < 1.29 is 9.90 Å². The number of benzene rings is 1. The summed E-state index contributed by atoms with van der Waals surface area (Å²) < 4.78 is 0. The van der Waals surface area contributed by atoms with Crippen LogP contribution in [0.1, 0.15) is 36.3 Å². The highest BCUT2D eigenvalue weighted by molar-refractivity contribution is 5.72. The van der Waals surface area contributed by atoms with Gasteiger partial charge in [-0.2, -0.15) is 5.26 Å². The second-order valence-electron chi connectivity index (χ2n) is 4.22. The molecule has 0 spiro atoms. The topological polar surface area (TPSA) is 61.1 Å². The summed E-state index contributed by atoms with van der Waals surface area (Å²) in [4.78, 5) is 11.1. The van der Waals surface area contributed by atoms with E-state index in [2.05, 4.69) is 6.07 Å². The van der Waals surface area contributed by atoms with Gasteiger partial charge in [0, 0.05) is 0 Å². The molecule has 1 aromatic carbocycles. The van der Waals surface area contributed by atoms with E-state index in [1.54, 1.807) is 6.07 Å². The molecule has 0 unspecified atom stereocenters. The van der Waals surface area contributed by atoms with Gasteiger partial charge in [0.25, 0.3) is 0 Å².